The Morgan fingerprint density at radius 1 is 1.23 bits per heavy atom. The number of halogens is 2. The fraction of sp³-hybridized carbons (Fsp3) is 0. The molecule has 0 spiro atoms. The van der Waals surface area contributed by atoms with Crippen molar-refractivity contribution in [3.63, 3.8) is 0 Å². The van der Waals surface area contributed by atoms with Gasteiger partial charge in [0.2, 0.25) is 0 Å². The molecule has 0 aliphatic rings. The number of rotatable bonds is 1. The Morgan fingerprint density at radius 2 is 2.08 bits per heavy atom. The Balaban J connectivity index is 2.53. The summed E-state index contributed by atoms with van der Waals surface area (Å²) in [6.07, 6.45) is 1.86. The molecule has 0 saturated heterocycles. The number of aromatic nitrogens is 3. The van der Waals surface area contributed by atoms with E-state index in [4.69, 9.17) is 0 Å². The molecule has 0 bridgehead atoms. The molecule has 0 aromatic carbocycles. The summed E-state index contributed by atoms with van der Waals surface area (Å²) >= 11 is 6.54. The first-order valence-corrected chi connectivity index (χ1v) is 5.18. The summed E-state index contributed by atoms with van der Waals surface area (Å²) in [6, 6.07) is 5.75. The van der Waals surface area contributed by atoms with E-state index in [1.165, 1.54) is 0 Å². The van der Waals surface area contributed by atoms with Crippen molar-refractivity contribution in [1.82, 2.24) is 15.0 Å². The molecule has 0 saturated carbocycles. The Kier molecular flexibility index (Phi) is 2.46. The summed E-state index contributed by atoms with van der Waals surface area (Å²) in [5.41, 5.74) is 1.84. The van der Waals surface area contributed by atoms with Gasteiger partial charge < -0.3 is 4.98 Å². The lowest BCUT2D eigenvalue weighted by Crippen LogP contribution is -1.88. The zero-order valence-electron chi connectivity index (χ0n) is 6.46. The van der Waals surface area contributed by atoms with Crippen molar-refractivity contribution in [2.45, 2.75) is 0 Å². The number of nitrogens with one attached hydrogen (secondary N) is 1. The summed E-state index contributed by atoms with van der Waals surface area (Å²) in [7, 11) is 0. The van der Waals surface area contributed by atoms with Crippen LogP contribution in [-0.4, -0.2) is 15.0 Å². The average molecular weight is 303 g/mol. The van der Waals surface area contributed by atoms with E-state index in [-0.39, 0.29) is 0 Å². The summed E-state index contributed by atoms with van der Waals surface area (Å²) in [6.45, 7) is 0. The highest BCUT2D eigenvalue weighted by atomic mass is 79.9. The minimum Gasteiger partial charge on any atom is -0.360 e. The topological polar surface area (TPSA) is 41.6 Å². The molecule has 2 rings (SSSR count). The van der Waals surface area contributed by atoms with Crippen LogP contribution < -0.4 is 0 Å². The highest BCUT2D eigenvalue weighted by Gasteiger charge is 2.03. The molecule has 0 radical (unpaired) electrons. The van der Waals surface area contributed by atoms with Crippen LogP contribution in [0.1, 0.15) is 0 Å². The maximum absolute atomic E-state index is 4.22. The SMILES string of the molecule is Brc1cc(-c2ccc[nH]2)nc(Br)n1. The van der Waals surface area contributed by atoms with Gasteiger partial charge in [0.1, 0.15) is 4.60 Å². The monoisotopic (exact) mass is 301 g/mol. The van der Waals surface area contributed by atoms with Gasteiger partial charge in [-0.3, -0.25) is 0 Å². The van der Waals surface area contributed by atoms with Gasteiger partial charge >= 0.3 is 0 Å². The number of hydrogen-bond acceptors (Lipinski definition) is 2. The van der Waals surface area contributed by atoms with Crippen molar-refractivity contribution in [3.05, 3.63) is 33.7 Å². The van der Waals surface area contributed by atoms with E-state index in [9.17, 15) is 0 Å². The second-order valence-corrected chi connectivity index (χ2v) is 3.95. The van der Waals surface area contributed by atoms with Crippen LogP contribution in [0.4, 0.5) is 0 Å². The molecule has 66 valence electrons. The van der Waals surface area contributed by atoms with Crippen LogP contribution in [0.25, 0.3) is 11.4 Å². The molecule has 1 N–H and O–H groups in total. The van der Waals surface area contributed by atoms with Gasteiger partial charge in [-0.15, -0.1) is 0 Å². The summed E-state index contributed by atoms with van der Waals surface area (Å²) in [5, 5.41) is 0. The molecule has 2 aromatic heterocycles. The van der Waals surface area contributed by atoms with Crippen molar-refractivity contribution in [2.24, 2.45) is 0 Å². The number of H-pyrrole nitrogens is 1. The fourth-order valence-corrected chi connectivity index (χ4v) is 2.02. The van der Waals surface area contributed by atoms with Crippen LogP contribution in [0.3, 0.4) is 0 Å². The number of aromatic amines is 1. The molecule has 0 aliphatic heterocycles. The number of hydrogen-bond donors (Lipinski definition) is 1. The third-order valence-electron chi connectivity index (χ3n) is 1.54. The molecule has 0 amide bonds. The van der Waals surface area contributed by atoms with Gasteiger partial charge in [0.15, 0.2) is 4.73 Å². The normalized spacial score (nSPS) is 10.3. The molecule has 3 nitrogen and oxygen atoms in total. The fourth-order valence-electron chi connectivity index (χ4n) is 1.02. The number of nitrogens with zero attached hydrogens (tertiary/aromatic N) is 2. The predicted octanol–water partition coefficient (Wildman–Crippen LogP) is 3.00. The third kappa shape index (κ3) is 1.97. The van der Waals surface area contributed by atoms with Crippen LogP contribution >= 0.6 is 31.9 Å². The minimum absolute atomic E-state index is 0.575. The minimum atomic E-state index is 0.575. The molecule has 5 heteroatoms. The van der Waals surface area contributed by atoms with Gasteiger partial charge in [-0.1, -0.05) is 0 Å². The van der Waals surface area contributed by atoms with Crippen molar-refractivity contribution >= 4 is 31.9 Å². The van der Waals surface area contributed by atoms with Crippen molar-refractivity contribution < 1.29 is 0 Å². The molecule has 2 aromatic rings. The van der Waals surface area contributed by atoms with E-state index < -0.39 is 0 Å². The zero-order valence-corrected chi connectivity index (χ0v) is 9.63. The molecule has 0 atom stereocenters. The molecule has 2 heterocycles. The Labute approximate surface area is 91.9 Å². The van der Waals surface area contributed by atoms with Crippen LogP contribution in [0.5, 0.6) is 0 Å². The molecular weight excluding hydrogens is 298 g/mol. The lowest BCUT2D eigenvalue weighted by atomic mass is 10.3. The second-order valence-electron chi connectivity index (χ2n) is 2.43. The first-order valence-electron chi connectivity index (χ1n) is 3.59. The quantitative estimate of drug-likeness (QED) is 0.650. The van der Waals surface area contributed by atoms with E-state index in [1.807, 2.05) is 24.4 Å². The average Bonchev–Trinajstić information content (AvgIpc) is 2.53. The maximum Gasteiger partial charge on any atom is 0.198 e. The largest absolute Gasteiger partial charge is 0.360 e. The Bertz CT molecular complexity index is 391. The second kappa shape index (κ2) is 3.59. The predicted molar refractivity (Wildman–Crippen MR) is 57.2 cm³/mol. The van der Waals surface area contributed by atoms with Gasteiger partial charge in [-0.25, -0.2) is 9.97 Å². The third-order valence-corrected chi connectivity index (χ3v) is 2.30. The van der Waals surface area contributed by atoms with Crippen molar-refractivity contribution in [2.75, 3.05) is 0 Å². The smallest absolute Gasteiger partial charge is 0.198 e. The van der Waals surface area contributed by atoms with Crippen LogP contribution in [0.2, 0.25) is 0 Å². The van der Waals surface area contributed by atoms with E-state index in [2.05, 4.69) is 46.8 Å². The van der Waals surface area contributed by atoms with Gasteiger partial charge in [0.05, 0.1) is 11.4 Å². The van der Waals surface area contributed by atoms with E-state index in [0.717, 1.165) is 16.0 Å². The van der Waals surface area contributed by atoms with Crippen molar-refractivity contribution in [1.29, 1.82) is 0 Å². The van der Waals surface area contributed by atoms with Gasteiger partial charge in [-0.2, -0.15) is 0 Å². The van der Waals surface area contributed by atoms with Gasteiger partial charge in [0, 0.05) is 6.20 Å². The highest BCUT2D eigenvalue weighted by Crippen LogP contribution is 2.19. The van der Waals surface area contributed by atoms with Crippen LogP contribution in [0, 0.1) is 0 Å². The van der Waals surface area contributed by atoms with Crippen LogP contribution in [0.15, 0.2) is 33.7 Å². The molecule has 0 fully saturated rings. The van der Waals surface area contributed by atoms with E-state index >= 15 is 0 Å². The summed E-state index contributed by atoms with van der Waals surface area (Å²) in [4.78, 5) is 11.3. The zero-order chi connectivity index (χ0) is 9.26. The van der Waals surface area contributed by atoms with E-state index in [0.29, 0.717) is 4.73 Å². The van der Waals surface area contributed by atoms with Gasteiger partial charge in [-0.05, 0) is 50.1 Å². The Hall–Kier alpha value is -0.680. The van der Waals surface area contributed by atoms with Gasteiger partial charge in [0.25, 0.3) is 0 Å². The van der Waals surface area contributed by atoms with E-state index in [1.54, 1.807) is 0 Å². The molecule has 13 heavy (non-hydrogen) atoms. The molecule has 0 unspecified atom stereocenters. The summed E-state index contributed by atoms with van der Waals surface area (Å²) < 4.78 is 1.34. The molecule has 0 aliphatic carbocycles. The lowest BCUT2D eigenvalue weighted by Gasteiger charge is -1.98. The summed E-state index contributed by atoms with van der Waals surface area (Å²) in [5.74, 6) is 0. The van der Waals surface area contributed by atoms with Crippen molar-refractivity contribution in [3.8, 4) is 11.4 Å². The lowest BCUT2D eigenvalue weighted by molar-refractivity contribution is 1.08. The first kappa shape index (κ1) is 8.90. The maximum atomic E-state index is 4.22. The Morgan fingerprint density at radius 3 is 2.69 bits per heavy atom. The standard InChI is InChI=1S/C8H5Br2N3/c9-7-4-6(12-8(10)13-7)5-2-1-3-11-5/h1-4,11H. The highest BCUT2D eigenvalue weighted by molar-refractivity contribution is 9.11. The van der Waals surface area contributed by atoms with Crippen LogP contribution in [-0.2, 0) is 0 Å². The first-order chi connectivity index (χ1) is 6.25. The molecular formula is C8H5Br2N3.